The summed E-state index contributed by atoms with van der Waals surface area (Å²) in [6.45, 7) is 1.73. The van der Waals surface area contributed by atoms with E-state index in [0.29, 0.717) is 5.92 Å². The Morgan fingerprint density at radius 1 is 1.20 bits per heavy atom. The predicted molar refractivity (Wildman–Crippen MR) is 79.1 cm³/mol. The Morgan fingerprint density at radius 3 is 2.90 bits per heavy atom. The summed E-state index contributed by atoms with van der Waals surface area (Å²) < 4.78 is 5.47. The van der Waals surface area contributed by atoms with Crippen LogP contribution >= 0.6 is 11.3 Å². The average molecular weight is 289 g/mol. The molecule has 2 aliphatic rings. The SMILES string of the molecule is c1n[nH]c(-c2nc3c(s2)CCCC3)c1C1CCOCC1. The van der Waals surface area contributed by atoms with Gasteiger partial charge in [-0.25, -0.2) is 4.98 Å². The van der Waals surface area contributed by atoms with Crippen LogP contribution in [0, 0.1) is 0 Å². The lowest BCUT2D eigenvalue weighted by atomic mass is 9.92. The molecule has 2 aromatic rings. The van der Waals surface area contributed by atoms with Gasteiger partial charge in [0.2, 0.25) is 0 Å². The van der Waals surface area contributed by atoms with Gasteiger partial charge in [0.15, 0.2) is 0 Å². The molecule has 5 heteroatoms. The number of nitrogens with zero attached hydrogens (tertiary/aromatic N) is 2. The van der Waals surface area contributed by atoms with Crippen LogP contribution in [0.5, 0.6) is 0 Å². The van der Waals surface area contributed by atoms with Crippen molar-refractivity contribution in [2.75, 3.05) is 13.2 Å². The van der Waals surface area contributed by atoms with Crippen LogP contribution in [-0.2, 0) is 17.6 Å². The first-order valence-corrected chi connectivity index (χ1v) is 8.33. The van der Waals surface area contributed by atoms with Gasteiger partial charge >= 0.3 is 0 Å². The molecule has 1 N–H and O–H groups in total. The van der Waals surface area contributed by atoms with E-state index < -0.39 is 0 Å². The van der Waals surface area contributed by atoms with Crippen molar-refractivity contribution in [2.24, 2.45) is 0 Å². The Labute approximate surface area is 122 Å². The van der Waals surface area contributed by atoms with E-state index in [2.05, 4.69) is 10.2 Å². The number of hydrogen-bond donors (Lipinski definition) is 1. The van der Waals surface area contributed by atoms with Gasteiger partial charge in [-0.2, -0.15) is 5.10 Å². The van der Waals surface area contributed by atoms with E-state index in [1.807, 2.05) is 17.5 Å². The summed E-state index contributed by atoms with van der Waals surface area (Å²) in [7, 11) is 0. The number of fused-ring (bicyclic) bond motifs is 1. The largest absolute Gasteiger partial charge is 0.381 e. The zero-order valence-corrected chi connectivity index (χ0v) is 12.3. The van der Waals surface area contributed by atoms with Crippen molar-refractivity contribution in [1.82, 2.24) is 15.2 Å². The topological polar surface area (TPSA) is 50.8 Å². The first-order valence-electron chi connectivity index (χ1n) is 7.52. The van der Waals surface area contributed by atoms with Crippen molar-refractivity contribution >= 4 is 11.3 Å². The lowest BCUT2D eigenvalue weighted by molar-refractivity contribution is 0.0854. The van der Waals surface area contributed by atoms with Gasteiger partial charge < -0.3 is 4.74 Å². The Hall–Kier alpha value is -1.20. The molecule has 0 spiro atoms. The molecular formula is C15H19N3OS. The maximum atomic E-state index is 5.47. The molecular weight excluding hydrogens is 270 g/mol. The third-order valence-corrected chi connectivity index (χ3v) is 5.56. The lowest BCUT2D eigenvalue weighted by Crippen LogP contribution is -2.14. The minimum absolute atomic E-state index is 0.568. The van der Waals surface area contributed by atoms with Crippen molar-refractivity contribution < 1.29 is 4.74 Å². The molecule has 1 fully saturated rings. The molecule has 4 rings (SSSR count). The van der Waals surface area contributed by atoms with E-state index in [1.165, 1.54) is 35.4 Å². The third kappa shape index (κ3) is 2.19. The van der Waals surface area contributed by atoms with E-state index in [4.69, 9.17) is 9.72 Å². The highest BCUT2D eigenvalue weighted by Gasteiger charge is 2.24. The Bertz CT molecular complexity index is 575. The predicted octanol–water partition coefficient (Wildman–Crippen LogP) is 3.31. The number of rotatable bonds is 2. The van der Waals surface area contributed by atoms with Crippen LogP contribution in [0.4, 0.5) is 0 Å². The number of aryl methyl sites for hydroxylation is 2. The number of thiazole rings is 1. The monoisotopic (exact) mass is 289 g/mol. The normalized spacial score (nSPS) is 20.0. The zero-order valence-electron chi connectivity index (χ0n) is 11.5. The van der Waals surface area contributed by atoms with Crippen LogP contribution in [-0.4, -0.2) is 28.4 Å². The molecule has 0 amide bonds. The number of aromatic amines is 1. The summed E-state index contributed by atoms with van der Waals surface area (Å²) in [5.74, 6) is 0.568. The standard InChI is InChI=1S/C15H19N3OS/c1-2-4-13-12(3-1)17-15(20-13)14-11(9-16-18-14)10-5-7-19-8-6-10/h9-10H,1-8H2,(H,16,18). The first kappa shape index (κ1) is 12.5. The van der Waals surface area contributed by atoms with Crippen molar-refractivity contribution in [1.29, 1.82) is 0 Å². The fraction of sp³-hybridized carbons (Fsp3) is 0.600. The maximum Gasteiger partial charge on any atom is 0.142 e. The number of hydrogen-bond acceptors (Lipinski definition) is 4. The van der Waals surface area contributed by atoms with Crippen LogP contribution in [0.1, 0.15) is 47.7 Å². The van der Waals surface area contributed by atoms with Crippen LogP contribution in [0.3, 0.4) is 0 Å². The number of ether oxygens (including phenoxy) is 1. The van der Waals surface area contributed by atoms with Crippen LogP contribution in [0.15, 0.2) is 6.20 Å². The molecule has 1 aliphatic heterocycles. The summed E-state index contributed by atoms with van der Waals surface area (Å²) in [6.07, 6.45) is 9.12. The molecule has 0 bridgehead atoms. The Kier molecular flexibility index (Phi) is 3.32. The number of aromatic nitrogens is 3. The lowest BCUT2D eigenvalue weighted by Gasteiger charge is -2.21. The molecule has 0 atom stereocenters. The smallest absolute Gasteiger partial charge is 0.142 e. The first-order chi connectivity index (χ1) is 9.92. The van der Waals surface area contributed by atoms with E-state index >= 15 is 0 Å². The van der Waals surface area contributed by atoms with Crippen molar-refractivity contribution in [3.05, 3.63) is 22.3 Å². The Morgan fingerprint density at radius 2 is 2.05 bits per heavy atom. The fourth-order valence-electron chi connectivity index (χ4n) is 3.24. The molecule has 2 aromatic heterocycles. The molecule has 1 saturated heterocycles. The van der Waals surface area contributed by atoms with Crippen molar-refractivity contribution in [3.63, 3.8) is 0 Å². The molecule has 0 saturated carbocycles. The quantitative estimate of drug-likeness (QED) is 0.923. The summed E-state index contributed by atoms with van der Waals surface area (Å²) in [4.78, 5) is 6.35. The van der Waals surface area contributed by atoms with Gasteiger partial charge in [0.1, 0.15) is 5.01 Å². The van der Waals surface area contributed by atoms with Crippen LogP contribution < -0.4 is 0 Å². The number of H-pyrrole nitrogens is 1. The van der Waals surface area contributed by atoms with Gasteiger partial charge in [-0.15, -0.1) is 11.3 Å². The molecule has 106 valence electrons. The van der Waals surface area contributed by atoms with Crippen molar-refractivity contribution in [3.8, 4) is 10.7 Å². The van der Waals surface area contributed by atoms with E-state index in [-0.39, 0.29) is 0 Å². The summed E-state index contributed by atoms with van der Waals surface area (Å²) in [6, 6.07) is 0. The minimum Gasteiger partial charge on any atom is -0.381 e. The average Bonchev–Trinajstić information content (AvgIpc) is 3.14. The molecule has 0 unspecified atom stereocenters. The highest BCUT2D eigenvalue weighted by molar-refractivity contribution is 7.15. The third-order valence-electron chi connectivity index (χ3n) is 4.39. The van der Waals surface area contributed by atoms with Gasteiger partial charge in [0.25, 0.3) is 0 Å². The second kappa shape index (κ2) is 5.30. The molecule has 20 heavy (non-hydrogen) atoms. The van der Waals surface area contributed by atoms with Crippen LogP contribution in [0.25, 0.3) is 10.7 Å². The molecule has 0 aromatic carbocycles. The highest BCUT2D eigenvalue weighted by atomic mass is 32.1. The molecule has 3 heterocycles. The molecule has 1 aliphatic carbocycles. The fourth-order valence-corrected chi connectivity index (χ4v) is 4.41. The molecule has 4 nitrogen and oxygen atoms in total. The summed E-state index contributed by atoms with van der Waals surface area (Å²) in [5.41, 5.74) is 3.81. The van der Waals surface area contributed by atoms with Gasteiger partial charge in [-0.1, -0.05) is 0 Å². The summed E-state index contributed by atoms with van der Waals surface area (Å²) in [5, 5.41) is 8.60. The highest BCUT2D eigenvalue weighted by Crippen LogP contribution is 2.37. The molecule has 0 radical (unpaired) electrons. The summed E-state index contributed by atoms with van der Waals surface area (Å²) >= 11 is 1.86. The van der Waals surface area contributed by atoms with E-state index in [9.17, 15) is 0 Å². The number of nitrogens with one attached hydrogen (secondary N) is 1. The van der Waals surface area contributed by atoms with Gasteiger partial charge in [-0.3, -0.25) is 5.10 Å². The second-order valence-electron chi connectivity index (χ2n) is 5.68. The van der Waals surface area contributed by atoms with E-state index in [1.54, 1.807) is 0 Å². The minimum atomic E-state index is 0.568. The second-order valence-corrected chi connectivity index (χ2v) is 6.77. The van der Waals surface area contributed by atoms with Crippen molar-refractivity contribution in [2.45, 2.75) is 44.4 Å². The maximum absolute atomic E-state index is 5.47. The van der Waals surface area contributed by atoms with E-state index in [0.717, 1.165) is 43.2 Å². The van der Waals surface area contributed by atoms with Gasteiger partial charge in [-0.05, 0) is 44.4 Å². The Balaban J connectivity index is 1.68. The van der Waals surface area contributed by atoms with Gasteiger partial charge in [0, 0.05) is 23.7 Å². The van der Waals surface area contributed by atoms with Gasteiger partial charge in [0.05, 0.1) is 17.6 Å². The van der Waals surface area contributed by atoms with Crippen LogP contribution in [0.2, 0.25) is 0 Å². The zero-order chi connectivity index (χ0) is 13.4.